The van der Waals surface area contributed by atoms with Crippen LogP contribution in [0.4, 0.5) is 8.78 Å². The minimum Gasteiger partial charge on any atom is -0.449 e. The van der Waals surface area contributed by atoms with Crippen LogP contribution in [-0.4, -0.2) is 31.1 Å². The molecule has 1 aliphatic rings. The number of carbonyl (C=O) groups excluding carboxylic acids is 2. The molecule has 1 aromatic rings. The summed E-state index contributed by atoms with van der Waals surface area (Å²) in [4.78, 5) is 24.1. The topological polar surface area (TPSA) is 64.6 Å². The largest absolute Gasteiger partial charge is 0.449 e. The van der Waals surface area contributed by atoms with E-state index in [0.717, 1.165) is 18.9 Å². The monoisotopic (exact) mass is 355 g/mol. The van der Waals surface area contributed by atoms with Crippen LogP contribution < -0.4 is 10.1 Å². The summed E-state index contributed by atoms with van der Waals surface area (Å²) in [7, 11) is 0. The van der Waals surface area contributed by atoms with Gasteiger partial charge in [-0.2, -0.15) is 8.78 Å². The van der Waals surface area contributed by atoms with Gasteiger partial charge in [-0.15, -0.1) is 0 Å². The molecule has 1 aromatic carbocycles. The maximum Gasteiger partial charge on any atom is 0.387 e. The van der Waals surface area contributed by atoms with Crippen molar-refractivity contribution in [1.29, 1.82) is 0 Å². The number of hydrogen-bond donors (Lipinski definition) is 1. The zero-order valence-electron chi connectivity index (χ0n) is 14.2. The summed E-state index contributed by atoms with van der Waals surface area (Å²) in [5.41, 5.74) is 0.0464. The standard InChI is InChI=1S/C18H23F2NO4/c1-12(16(22)21-11-13-6-3-2-4-7-13)24-17(23)14-8-5-9-15(10-14)25-18(19)20/h5,8-10,12-13,18H,2-4,6-7,11H2,1H3,(H,21,22). The fourth-order valence-electron chi connectivity index (χ4n) is 2.86. The van der Waals surface area contributed by atoms with E-state index in [1.807, 2.05) is 0 Å². The number of esters is 1. The fraction of sp³-hybridized carbons (Fsp3) is 0.556. The third kappa shape index (κ3) is 6.32. The lowest BCUT2D eigenvalue weighted by Gasteiger charge is -2.22. The van der Waals surface area contributed by atoms with Gasteiger partial charge in [0.05, 0.1) is 5.56 Å². The van der Waals surface area contributed by atoms with Crippen molar-refractivity contribution in [2.45, 2.75) is 51.7 Å². The predicted molar refractivity (Wildman–Crippen MR) is 87.5 cm³/mol. The number of ether oxygens (including phenoxy) is 2. The van der Waals surface area contributed by atoms with Gasteiger partial charge in [0.2, 0.25) is 0 Å². The summed E-state index contributed by atoms with van der Waals surface area (Å²) < 4.78 is 33.8. The van der Waals surface area contributed by atoms with Crippen molar-refractivity contribution in [1.82, 2.24) is 5.32 Å². The minimum absolute atomic E-state index is 0.0464. The first kappa shape index (κ1) is 19.1. The maximum atomic E-state index is 12.2. The van der Waals surface area contributed by atoms with Crippen LogP contribution in [0.3, 0.4) is 0 Å². The van der Waals surface area contributed by atoms with Crippen LogP contribution in [0.2, 0.25) is 0 Å². The molecule has 138 valence electrons. The Morgan fingerprint density at radius 2 is 1.96 bits per heavy atom. The maximum absolute atomic E-state index is 12.2. The van der Waals surface area contributed by atoms with E-state index in [2.05, 4.69) is 10.1 Å². The second-order valence-corrected chi connectivity index (χ2v) is 6.20. The molecule has 1 saturated carbocycles. The Balaban J connectivity index is 1.83. The lowest BCUT2D eigenvalue weighted by Crippen LogP contribution is -2.38. The predicted octanol–water partition coefficient (Wildman–Crippen LogP) is 3.53. The van der Waals surface area contributed by atoms with Gasteiger partial charge in [-0.25, -0.2) is 4.79 Å². The smallest absolute Gasteiger partial charge is 0.387 e. The third-order valence-electron chi connectivity index (χ3n) is 4.24. The number of carbonyl (C=O) groups is 2. The van der Waals surface area contributed by atoms with Crippen molar-refractivity contribution in [3.8, 4) is 5.75 Å². The van der Waals surface area contributed by atoms with Crippen LogP contribution in [0.5, 0.6) is 5.75 Å². The second-order valence-electron chi connectivity index (χ2n) is 6.20. The molecule has 1 amide bonds. The summed E-state index contributed by atoms with van der Waals surface area (Å²) in [5, 5.41) is 2.81. The molecular formula is C18H23F2NO4. The Labute approximate surface area is 145 Å². The number of hydrogen-bond acceptors (Lipinski definition) is 4. The Morgan fingerprint density at radius 3 is 2.64 bits per heavy atom. The van der Waals surface area contributed by atoms with E-state index >= 15 is 0 Å². The molecule has 2 rings (SSSR count). The van der Waals surface area contributed by atoms with Crippen molar-refractivity contribution in [3.63, 3.8) is 0 Å². The number of nitrogens with one attached hydrogen (secondary N) is 1. The Morgan fingerprint density at radius 1 is 1.24 bits per heavy atom. The van der Waals surface area contributed by atoms with Crippen molar-refractivity contribution in [2.75, 3.05) is 6.54 Å². The van der Waals surface area contributed by atoms with Crippen LogP contribution in [0, 0.1) is 5.92 Å². The lowest BCUT2D eigenvalue weighted by molar-refractivity contribution is -0.129. The molecule has 1 N–H and O–H groups in total. The van der Waals surface area contributed by atoms with E-state index in [4.69, 9.17) is 4.74 Å². The highest BCUT2D eigenvalue weighted by Gasteiger charge is 2.21. The van der Waals surface area contributed by atoms with Crippen molar-refractivity contribution >= 4 is 11.9 Å². The molecule has 1 atom stereocenters. The summed E-state index contributed by atoms with van der Waals surface area (Å²) in [5.74, 6) is -0.790. The summed E-state index contributed by atoms with van der Waals surface area (Å²) in [6.07, 6.45) is 4.85. The molecule has 0 bridgehead atoms. The number of halogens is 2. The average Bonchev–Trinajstić information content (AvgIpc) is 2.60. The SMILES string of the molecule is CC(OC(=O)c1cccc(OC(F)F)c1)C(=O)NCC1CCCCC1. The van der Waals surface area contributed by atoms with Gasteiger partial charge in [-0.05, 0) is 43.9 Å². The van der Waals surface area contributed by atoms with Crippen LogP contribution in [0.25, 0.3) is 0 Å². The first-order valence-electron chi connectivity index (χ1n) is 8.49. The van der Waals surface area contributed by atoms with Gasteiger partial charge in [0.1, 0.15) is 5.75 Å². The quantitative estimate of drug-likeness (QED) is 0.760. The van der Waals surface area contributed by atoms with E-state index in [1.165, 1.54) is 44.4 Å². The number of alkyl halides is 2. The molecule has 5 nitrogen and oxygen atoms in total. The summed E-state index contributed by atoms with van der Waals surface area (Å²) >= 11 is 0. The Kier molecular flexibility index (Phi) is 7.16. The van der Waals surface area contributed by atoms with Crippen LogP contribution >= 0.6 is 0 Å². The van der Waals surface area contributed by atoms with Gasteiger partial charge in [0.15, 0.2) is 6.10 Å². The average molecular weight is 355 g/mol. The molecular weight excluding hydrogens is 332 g/mol. The lowest BCUT2D eigenvalue weighted by atomic mass is 9.89. The first-order chi connectivity index (χ1) is 12.0. The van der Waals surface area contributed by atoms with Crippen molar-refractivity contribution < 1.29 is 27.8 Å². The normalized spacial score (nSPS) is 16.3. The van der Waals surface area contributed by atoms with Crippen LogP contribution in [0.15, 0.2) is 24.3 Å². The van der Waals surface area contributed by atoms with Crippen molar-refractivity contribution in [2.24, 2.45) is 5.92 Å². The van der Waals surface area contributed by atoms with Gasteiger partial charge in [0, 0.05) is 6.54 Å². The Bertz CT molecular complexity index is 588. The molecule has 25 heavy (non-hydrogen) atoms. The summed E-state index contributed by atoms with van der Waals surface area (Å²) in [6.45, 7) is -0.915. The minimum atomic E-state index is -2.98. The number of amides is 1. The molecule has 0 heterocycles. The van der Waals surface area contributed by atoms with E-state index < -0.39 is 18.7 Å². The van der Waals surface area contributed by atoms with Crippen LogP contribution in [0.1, 0.15) is 49.4 Å². The first-order valence-corrected chi connectivity index (χ1v) is 8.49. The molecule has 0 aliphatic heterocycles. The highest BCUT2D eigenvalue weighted by molar-refractivity contribution is 5.92. The van der Waals surface area contributed by atoms with E-state index in [-0.39, 0.29) is 17.2 Å². The zero-order valence-corrected chi connectivity index (χ0v) is 14.2. The van der Waals surface area contributed by atoms with Gasteiger partial charge in [0.25, 0.3) is 5.91 Å². The third-order valence-corrected chi connectivity index (χ3v) is 4.24. The highest BCUT2D eigenvalue weighted by atomic mass is 19.3. The second kappa shape index (κ2) is 9.34. The van der Waals surface area contributed by atoms with Gasteiger partial charge < -0.3 is 14.8 Å². The van der Waals surface area contributed by atoms with Gasteiger partial charge in [-0.1, -0.05) is 25.3 Å². The Hall–Kier alpha value is -2.18. The molecule has 1 aliphatic carbocycles. The van der Waals surface area contributed by atoms with Crippen molar-refractivity contribution in [3.05, 3.63) is 29.8 Å². The van der Waals surface area contributed by atoms with Crippen LogP contribution in [-0.2, 0) is 9.53 Å². The highest BCUT2D eigenvalue weighted by Crippen LogP contribution is 2.22. The van der Waals surface area contributed by atoms with Gasteiger partial charge >= 0.3 is 12.6 Å². The fourth-order valence-corrected chi connectivity index (χ4v) is 2.86. The molecule has 0 aromatic heterocycles. The molecule has 1 unspecified atom stereocenters. The molecule has 7 heteroatoms. The number of rotatable bonds is 7. The van der Waals surface area contributed by atoms with E-state index in [9.17, 15) is 18.4 Å². The summed E-state index contributed by atoms with van der Waals surface area (Å²) in [6, 6.07) is 5.28. The number of benzene rings is 1. The molecule has 0 radical (unpaired) electrons. The van der Waals surface area contributed by atoms with E-state index in [0.29, 0.717) is 12.5 Å². The van der Waals surface area contributed by atoms with E-state index in [1.54, 1.807) is 0 Å². The zero-order chi connectivity index (χ0) is 18.2. The molecule has 0 spiro atoms. The molecule has 0 saturated heterocycles. The van der Waals surface area contributed by atoms with Gasteiger partial charge in [-0.3, -0.25) is 4.79 Å². The molecule has 1 fully saturated rings.